The molecule has 0 aliphatic carbocycles. The quantitative estimate of drug-likeness (QED) is 0.469. The Kier molecular flexibility index (Phi) is 5.05. The summed E-state index contributed by atoms with van der Waals surface area (Å²) in [4.78, 5) is 20.6. The van der Waals surface area contributed by atoms with E-state index < -0.39 is 0 Å². The maximum absolute atomic E-state index is 12.6. The number of nitrogens with one attached hydrogen (secondary N) is 2. The zero-order valence-electron chi connectivity index (χ0n) is 16.2. The second-order valence-electron chi connectivity index (χ2n) is 6.50. The van der Waals surface area contributed by atoms with Crippen LogP contribution in [0.2, 0.25) is 0 Å². The van der Waals surface area contributed by atoms with E-state index >= 15 is 0 Å². The maximum atomic E-state index is 12.6. The molecule has 2 aromatic heterocycles. The predicted octanol–water partition coefficient (Wildman–Crippen LogP) is 3.12. The predicted molar refractivity (Wildman–Crippen MR) is 112 cm³/mol. The summed E-state index contributed by atoms with van der Waals surface area (Å²) < 4.78 is 10.8. The highest BCUT2D eigenvalue weighted by Crippen LogP contribution is 2.36. The monoisotopic (exact) mass is 391 g/mol. The molecule has 0 radical (unpaired) electrons. The van der Waals surface area contributed by atoms with E-state index in [0.29, 0.717) is 17.2 Å². The van der Waals surface area contributed by atoms with Gasteiger partial charge >= 0.3 is 0 Å². The van der Waals surface area contributed by atoms with Gasteiger partial charge in [-0.2, -0.15) is 0 Å². The molecule has 0 spiro atoms. The van der Waals surface area contributed by atoms with Crippen LogP contribution >= 0.6 is 0 Å². The number of hydrogen-bond donors (Lipinski definition) is 3. The average Bonchev–Trinajstić information content (AvgIpc) is 3.15. The van der Waals surface area contributed by atoms with Crippen molar-refractivity contribution >= 4 is 27.7 Å². The molecule has 1 amide bonds. The Labute approximate surface area is 167 Å². The van der Waals surface area contributed by atoms with E-state index in [-0.39, 0.29) is 24.8 Å². The Morgan fingerprint density at radius 3 is 2.62 bits per heavy atom. The van der Waals surface area contributed by atoms with Crippen LogP contribution in [0, 0.1) is 0 Å². The fraction of sp³-hybridized carbons (Fsp3) is 0.182. The fourth-order valence-electron chi connectivity index (χ4n) is 3.41. The van der Waals surface area contributed by atoms with Crippen molar-refractivity contribution in [3.05, 3.63) is 54.2 Å². The molecule has 148 valence electrons. The van der Waals surface area contributed by atoms with Crippen LogP contribution in [0.25, 0.3) is 33.1 Å². The third kappa shape index (κ3) is 3.36. The highest BCUT2D eigenvalue weighted by atomic mass is 16.5. The largest absolute Gasteiger partial charge is 0.493 e. The van der Waals surface area contributed by atoms with Gasteiger partial charge in [-0.25, -0.2) is 4.98 Å². The normalized spacial score (nSPS) is 11.0. The van der Waals surface area contributed by atoms with E-state index in [1.54, 1.807) is 20.3 Å². The average molecular weight is 391 g/mol. The van der Waals surface area contributed by atoms with Crippen LogP contribution in [0.5, 0.6) is 11.5 Å². The van der Waals surface area contributed by atoms with Crippen molar-refractivity contribution in [3.63, 3.8) is 0 Å². The smallest absolute Gasteiger partial charge is 0.270 e. The highest BCUT2D eigenvalue weighted by Gasteiger charge is 2.18. The minimum absolute atomic E-state index is 0.135. The van der Waals surface area contributed by atoms with Gasteiger partial charge in [-0.05, 0) is 30.3 Å². The number of nitrogens with zero attached hydrogens (tertiary/aromatic N) is 1. The van der Waals surface area contributed by atoms with E-state index in [0.717, 1.165) is 27.4 Å². The molecule has 0 atom stereocenters. The summed E-state index contributed by atoms with van der Waals surface area (Å²) >= 11 is 0. The molecule has 0 saturated carbocycles. The number of rotatable bonds is 6. The molecule has 4 aromatic rings. The molecule has 4 rings (SSSR count). The van der Waals surface area contributed by atoms with Gasteiger partial charge in [0.1, 0.15) is 5.69 Å². The van der Waals surface area contributed by atoms with Crippen molar-refractivity contribution in [3.8, 4) is 22.8 Å². The van der Waals surface area contributed by atoms with Crippen molar-refractivity contribution in [2.24, 2.45) is 0 Å². The van der Waals surface area contributed by atoms with Gasteiger partial charge in [0.15, 0.2) is 11.5 Å². The number of aliphatic hydroxyl groups excluding tert-OH is 1. The summed E-state index contributed by atoms with van der Waals surface area (Å²) in [5.41, 5.74) is 3.49. The lowest BCUT2D eigenvalue weighted by atomic mass is 10.1. The number of aromatic amines is 1. The number of pyridine rings is 1. The molecule has 0 aliphatic rings. The van der Waals surface area contributed by atoms with Crippen LogP contribution in [0.4, 0.5) is 0 Å². The van der Waals surface area contributed by atoms with Crippen LogP contribution < -0.4 is 14.8 Å². The first-order chi connectivity index (χ1) is 14.2. The molecular formula is C22H21N3O4. The van der Waals surface area contributed by atoms with Crippen molar-refractivity contribution in [1.82, 2.24) is 15.3 Å². The van der Waals surface area contributed by atoms with Gasteiger partial charge in [-0.1, -0.05) is 18.2 Å². The number of para-hydroxylation sites is 1. The second kappa shape index (κ2) is 7.81. The lowest BCUT2D eigenvalue weighted by molar-refractivity contribution is 0.0940. The van der Waals surface area contributed by atoms with Crippen molar-refractivity contribution in [2.75, 3.05) is 27.4 Å². The molecule has 0 saturated heterocycles. The van der Waals surface area contributed by atoms with Gasteiger partial charge in [-0.3, -0.25) is 4.79 Å². The molecule has 3 N–H and O–H groups in total. The molecular weight excluding hydrogens is 370 g/mol. The summed E-state index contributed by atoms with van der Waals surface area (Å²) in [6.07, 6.45) is 0. The first-order valence-electron chi connectivity index (χ1n) is 9.19. The Hall–Kier alpha value is -3.58. The van der Waals surface area contributed by atoms with Crippen LogP contribution in [0.15, 0.2) is 48.5 Å². The standard InChI is InChI=1S/C22H21N3O4/c1-28-18-8-7-13(11-19(18)29-2)20-21-15(14-5-3-4-6-16(14)24-21)12-17(25-20)22(27)23-9-10-26/h3-8,11-12,24,26H,9-10H2,1-2H3,(H,23,27). The van der Waals surface area contributed by atoms with Gasteiger partial charge in [0.25, 0.3) is 5.91 Å². The van der Waals surface area contributed by atoms with E-state index in [9.17, 15) is 4.79 Å². The summed E-state index contributed by atoms with van der Waals surface area (Å²) in [5.74, 6) is 0.847. The SMILES string of the molecule is COc1ccc(-c2nc(C(=O)NCCO)cc3c2[nH]c2ccccc23)cc1OC. The Balaban J connectivity index is 1.97. The molecule has 2 aromatic carbocycles. The zero-order valence-corrected chi connectivity index (χ0v) is 16.2. The summed E-state index contributed by atoms with van der Waals surface area (Å²) in [6.45, 7) is 0.0295. The minimum Gasteiger partial charge on any atom is -0.493 e. The van der Waals surface area contributed by atoms with Crippen LogP contribution in [-0.4, -0.2) is 48.4 Å². The Bertz CT molecular complexity index is 1200. The van der Waals surface area contributed by atoms with Gasteiger partial charge in [0.05, 0.1) is 32.0 Å². The number of aliphatic hydroxyl groups is 1. The highest BCUT2D eigenvalue weighted by molar-refractivity contribution is 6.13. The van der Waals surface area contributed by atoms with Gasteiger partial charge in [0, 0.05) is 28.4 Å². The lowest BCUT2D eigenvalue weighted by Crippen LogP contribution is -2.27. The number of H-pyrrole nitrogens is 1. The molecule has 0 unspecified atom stereocenters. The van der Waals surface area contributed by atoms with Crippen LogP contribution in [-0.2, 0) is 0 Å². The molecule has 7 nitrogen and oxygen atoms in total. The molecule has 29 heavy (non-hydrogen) atoms. The van der Waals surface area contributed by atoms with Gasteiger partial charge in [0.2, 0.25) is 0 Å². The number of amides is 1. The van der Waals surface area contributed by atoms with Crippen molar-refractivity contribution < 1.29 is 19.4 Å². The summed E-state index contributed by atoms with van der Waals surface area (Å²) in [5, 5.41) is 13.6. The van der Waals surface area contributed by atoms with Crippen LogP contribution in [0.1, 0.15) is 10.5 Å². The van der Waals surface area contributed by atoms with Gasteiger partial charge in [-0.15, -0.1) is 0 Å². The van der Waals surface area contributed by atoms with Crippen LogP contribution in [0.3, 0.4) is 0 Å². The number of carbonyl (C=O) groups excluding carboxylic acids is 1. The van der Waals surface area contributed by atoms with Crippen molar-refractivity contribution in [1.29, 1.82) is 0 Å². The minimum atomic E-state index is -0.340. The Morgan fingerprint density at radius 2 is 1.86 bits per heavy atom. The van der Waals surface area contributed by atoms with E-state index in [1.807, 2.05) is 42.5 Å². The molecule has 0 aliphatic heterocycles. The Morgan fingerprint density at radius 1 is 1.07 bits per heavy atom. The van der Waals surface area contributed by atoms with E-state index in [2.05, 4.69) is 15.3 Å². The summed E-state index contributed by atoms with van der Waals surface area (Å²) in [6, 6.07) is 15.2. The number of methoxy groups -OCH3 is 2. The molecule has 2 heterocycles. The first kappa shape index (κ1) is 18.8. The zero-order chi connectivity index (χ0) is 20.4. The third-order valence-corrected chi connectivity index (χ3v) is 4.78. The summed E-state index contributed by atoms with van der Waals surface area (Å²) in [7, 11) is 3.16. The lowest BCUT2D eigenvalue weighted by Gasteiger charge is -2.11. The number of carbonyl (C=O) groups is 1. The van der Waals surface area contributed by atoms with E-state index in [1.165, 1.54) is 0 Å². The van der Waals surface area contributed by atoms with Crippen molar-refractivity contribution in [2.45, 2.75) is 0 Å². The van der Waals surface area contributed by atoms with E-state index in [4.69, 9.17) is 14.6 Å². The number of ether oxygens (including phenoxy) is 2. The topological polar surface area (TPSA) is 96.5 Å². The van der Waals surface area contributed by atoms with Gasteiger partial charge < -0.3 is 24.9 Å². The second-order valence-corrected chi connectivity index (χ2v) is 6.50. The molecule has 0 fully saturated rings. The third-order valence-electron chi connectivity index (χ3n) is 4.78. The number of fused-ring (bicyclic) bond motifs is 3. The molecule has 0 bridgehead atoms. The maximum Gasteiger partial charge on any atom is 0.270 e. The fourth-order valence-corrected chi connectivity index (χ4v) is 3.41. The number of benzene rings is 2. The first-order valence-corrected chi connectivity index (χ1v) is 9.19. The number of hydrogen-bond acceptors (Lipinski definition) is 5. The molecule has 7 heteroatoms. The number of aromatic nitrogens is 2.